The zero-order valence-electron chi connectivity index (χ0n) is 19.0. The van der Waals surface area contributed by atoms with Crippen molar-refractivity contribution in [2.24, 2.45) is 0 Å². The Kier molecular flexibility index (Phi) is 7.88. The number of anilines is 2. The van der Waals surface area contributed by atoms with Gasteiger partial charge in [0.2, 0.25) is 5.91 Å². The van der Waals surface area contributed by atoms with Gasteiger partial charge >= 0.3 is 6.18 Å². The number of thiazole rings is 1. The summed E-state index contributed by atoms with van der Waals surface area (Å²) in [5, 5.41) is 4.88. The summed E-state index contributed by atoms with van der Waals surface area (Å²) in [5.41, 5.74) is 1.14. The van der Waals surface area contributed by atoms with E-state index in [2.05, 4.69) is 20.0 Å². The van der Waals surface area contributed by atoms with E-state index in [0.29, 0.717) is 28.4 Å². The van der Waals surface area contributed by atoms with Gasteiger partial charge in [-0.2, -0.15) is 13.2 Å². The molecule has 2 aromatic heterocycles. The number of aromatic nitrogens is 2. The van der Waals surface area contributed by atoms with E-state index in [-0.39, 0.29) is 16.7 Å². The van der Waals surface area contributed by atoms with E-state index in [0.717, 1.165) is 25.1 Å². The maximum atomic E-state index is 14.8. The highest BCUT2D eigenvalue weighted by Gasteiger charge is 2.30. The fourth-order valence-corrected chi connectivity index (χ4v) is 5.31. The van der Waals surface area contributed by atoms with Crippen LogP contribution in [0.25, 0.3) is 11.1 Å². The summed E-state index contributed by atoms with van der Waals surface area (Å²) in [5.74, 6) is -1.92. The van der Waals surface area contributed by atoms with Gasteiger partial charge in [0.25, 0.3) is 0 Å². The second-order valence-electron chi connectivity index (χ2n) is 8.13. The molecule has 4 rings (SSSR count). The van der Waals surface area contributed by atoms with Gasteiger partial charge in [0, 0.05) is 17.1 Å². The highest BCUT2D eigenvalue weighted by molar-refractivity contribution is 7.87. The van der Waals surface area contributed by atoms with Crippen LogP contribution in [0.1, 0.15) is 37.8 Å². The van der Waals surface area contributed by atoms with Crippen LogP contribution in [0.2, 0.25) is 0 Å². The molecule has 1 saturated carbocycles. The smallest absolute Gasteiger partial charge is 0.422 e. The van der Waals surface area contributed by atoms with Gasteiger partial charge in [0.05, 0.1) is 28.7 Å². The predicted molar refractivity (Wildman–Crippen MR) is 130 cm³/mol. The first-order chi connectivity index (χ1) is 17.1. The molecule has 1 aromatic carbocycles. The van der Waals surface area contributed by atoms with Crippen molar-refractivity contribution < 1.29 is 31.3 Å². The number of ether oxygens (including phenoxy) is 1. The predicted octanol–water partition coefficient (Wildman–Crippen LogP) is 5.66. The third-order valence-electron chi connectivity index (χ3n) is 5.29. The van der Waals surface area contributed by atoms with Crippen LogP contribution in [0, 0.1) is 5.82 Å². The molecule has 2 atom stereocenters. The Labute approximate surface area is 210 Å². The van der Waals surface area contributed by atoms with Gasteiger partial charge in [0.15, 0.2) is 11.7 Å². The van der Waals surface area contributed by atoms with E-state index < -0.39 is 41.4 Å². The summed E-state index contributed by atoms with van der Waals surface area (Å²) in [4.78, 5) is 21.1. The van der Waals surface area contributed by atoms with E-state index in [9.17, 15) is 26.6 Å². The Morgan fingerprint density at radius 1 is 1.25 bits per heavy atom. The zero-order valence-corrected chi connectivity index (χ0v) is 20.6. The molecule has 3 aromatic rings. The number of halogens is 4. The molecule has 36 heavy (non-hydrogen) atoms. The molecular weight excluding hydrogens is 520 g/mol. The van der Waals surface area contributed by atoms with Gasteiger partial charge in [-0.05, 0) is 43.0 Å². The first-order valence-electron chi connectivity index (χ1n) is 11.0. The number of nitrogens with zero attached hydrogens (tertiary/aromatic N) is 2. The number of carbonyl (C=O) groups is 1. The standard InChI is InChI=1S/C23H22F4N4O3S2/c1-2-17(20-11-35-22(30-20)31-36(33)16-4-5-16)21(32)29-19-6-3-13(8-18(19)24)14-7-15(10-28-9-14)34-12-23(25,26)27/h3,6-11,16-17H,2,4-5,12H2,1H3,(H,29,32)(H,30,31). The third kappa shape index (κ3) is 6.78. The Morgan fingerprint density at radius 3 is 2.69 bits per heavy atom. The fourth-order valence-electron chi connectivity index (χ4n) is 3.31. The molecule has 192 valence electrons. The van der Waals surface area contributed by atoms with Crippen molar-refractivity contribution in [2.75, 3.05) is 16.6 Å². The molecule has 0 aliphatic heterocycles. The summed E-state index contributed by atoms with van der Waals surface area (Å²) in [6, 6.07) is 5.36. The minimum Gasteiger partial charge on any atom is -0.482 e. The number of alkyl halides is 3. The van der Waals surface area contributed by atoms with E-state index in [1.807, 2.05) is 0 Å². The van der Waals surface area contributed by atoms with E-state index >= 15 is 0 Å². The Balaban J connectivity index is 1.43. The zero-order chi connectivity index (χ0) is 25.9. The average Bonchev–Trinajstić information content (AvgIpc) is 3.60. The van der Waals surface area contributed by atoms with E-state index in [4.69, 9.17) is 4.74 Å². The van der Waals surface area contributed by atoms with Crippen molar-refractivity contribution in [2.45, 2.75) is 43.5 Å². The molecule has 0 radical (unpaired) electrons. The molecule has 13 heteroatoms. The van der Waals surface area contributed by atoms with Gasteiger partial charge in [-0.25, -0.2) is 13.6 Å². The topological polar surface area (TPSA) is 93.2 Å². The molecule has 1 aliphatic rings. The minimum atomic E-state index is -4.50. The summed E-state index contributed by atoms with van der Waals surface area (Å²) in [6.07, 6.45) is 0.242. The summed E-state index contributed by atoms with van der Waals surface area (Å²) in [6.45, 7) is 0.338. The Morgan fingerprint density at radius 2 is 2.03 bits per heavy atom. The number of nitrogens with one attached hydrogen (secondary N) is 2. The quantitative estimate of drug-likeness (QED) is 0.323. The summed E-state index contributed by atoms with van der Waals surface area (Å²) < 4.78 is 71.6. The number of hydrogen-bond acceptors (Lipinski definition) is 6. The highest BCUT2D eigenvalue weighted by atomic mass is 32.2. The van der Waals surface area contributed by atoms with Gasteiger partial charge < -0.3 is 10.1 Å². The monoisotopic (exact) mass is 542 g/mol. The highest BCUT2D eigenvalue weighted by Crippen LogP contribution is 2.31. The van der Waals surface area contributed by atoms with Crippen LogP contribution in [0.3, 0.4) is 0 Å². The molecule has 2 heterocycles. The molecular formula is C23H22F4N4O3S2. The van der Waals surface area contributed by atoms with E-state index in [1.54, 1.807) is 12.3 Å². The fraction of sp³-hybridized carbons (Fsp3) is 0.348. The molecule has 0 spiro atoms. The van der Waals surface area contributed by atoms with Crippen molar-refractivity contribution in [1.82, 2.24) is 9.97 Å². The Hall–Kier alpha value is -3.06. The number of rotatable bonds is 10. The first kappa shape index (κ1) is 26.0. The lowest BCUT2D eigenvalue weighted by Crippen LogP contribution is -2.21. The van der Waals surface area contributed by atoms with Crippen LogP contribution in [-0.4, -0.2) is 38.1 Å². The lowest BCUT2D eigenvalue weighted by Gasteiger charge is -2.14. The molecule has 2 N–H and O–H groups in total. The van der Waals surface area contributed by atoms with Crippen LogP contribution in [-0.2, 0) is 15.8 Å². The maximum Gasteiger partial charge on any atom is 0.422 e. The van der Waals surface area contributed by atoms with Crippen molar-refractivity contribution in [1.29, 1.82) is 0 Å². The normalized spacial score (nSPS) is 15.2. The number of amides is 1. The lowest BCUT2D eigenvalue weighted by atomic mass is 10.0. The molecule has 0 saturated heterocycles. The SMILES string of the molecule is CCC(C(=O)Nc1ccc(-c2cncc(OCC(F)(F)F)c2)cc1F)c1csc(NS(=O)C2CC2)n1. The van der Waals surface area contributed by atoms with Gasteiger partial charge in [-0.1, -0.05) is 13.0 Å². The van der Waals surface area contributed by atoms with Crippen LogP contribution in [0.15, 0.2) is 42.0 Å². The van der Waals surface area contributed by atoms with Crippen molar-refractivity contribution in [3.8, 4) is 16.9 Å². The Bertz CT molecular complexity index is 1260. The second-order valence-corrected chi connectivity index (χ2v) is 10.5. The largest absolute Gasteiger partial charge is 0.482 e. The van der Waals surface area contributed by atoms with Crippen molar-refractivity contribution in [3.63, 3.8) is 0 Å². The number of hydrogen-bond donors (Lipinski definition) is 2. The van der Waals surface area contributed by atoms with Crippen LogP contribution >= 0.6 is 11.3 Å². The van der Waals surface area contributed by atoms with Crippen LogP contribution in [0.4, 0.5) is 28.4 Å². The minimum absolute atomic E-state index is 0.0527. The molecule has 1 fully saturated rings. The summed E-state index contributed by atoms with van der Waals surface area (Å²) in [7, 11) is -1.20. The van der Waals surface area contributed by atoms with Gasteiger partial charge in [0.1, 0.15) is 22.6 Å². The number of carbonyl (C=O) groups excluding carboxylic acids is 1. The van der Waals surface area contributed by atoms with E-state index in [1.165, 1.54) is 35.7 Å². The van der Waals surface area contributed by atoms with Crippen molar-refractivity contribution >= 4 is 39.0 Å². The second kappa shape index (κ2) is 10.9. The molecule has 0 bridgehead atoms. The molecule has 2 unspecified atom stereocenters. The van der Waals surface area contributed by atoms with Crippen LogP contribution < -0.4 is 14.8 Å². The number of pyridine rings is 1. The average molecular weight is 543 g/mol. The van der Waals surface area contributed by atoms with Crippen LogP contribution in [0.5, 0.6) is 5.75 Å². The third-order valence-corrected chi connectivity index (χ3v) is 7.67. The maximum absolute atomic E-state index is 14.8. The van der Waals surface area contributed by atoms with Gasteiger partial charge in [-0.15, -0.1) is 11.3 Å². The summed E-state index contributed by atoms with van der Waals surface area (Å²) >= 11 is 1.25. The molecule has 7 nitrogen and oxygen atoms in total. The van der Waals surface area contributed by atoms with Gasteiger partial charge in [-0.3, -0.25) is 14.5 Å². The lowest BCUT2D eigenvalue weighted by molar-refractivity contribution is -0.153. The number of benzene rings is 1. The van der Waals surface area contributed by atoms with Crippen molar-refractivity contribution in [3.05, 3.63) is 53.6 Å². The molecule has 1 aliphatic carbocycles. The molecule has 1 amide bonds. The first-order valence-corrected chi connectivity index (χ1v) is 13.1.